The van der Waals surface area contributed by atoms with E-state index in [2.05, 4.69) is 33.6 Å². The highest BCUT2D eigenvalue weighted by molar-refractivity contribution is 5.43. The second-order valence-corrected chi connectivity index (χ2v) is 3.77. The first-order chi connectivity index (χ1) is 6.45. The van der Waals surface area contributed by atoms with Crippen LogP contribution >= 0.6 is 0 Å². The van der Waals surface area contributed by atoms with Crippen LogP contribution in [0.4, 0.5) is 0 Å². The Bertz CT molecular complexity index is 257. The molecule has 0 bridgehead atoms. The van der Waals surface area contributed by atoms with E-state index in [4.69, 9.17) is 0 Å². The van der Waals surface area contributed by atoms with E-state index in [1.54, 1.807) is 0 Å². The van der Waals surface area contributed by atoms with E-state index in [9.17, 15) is 0 Å². The van der Waals surface area contributed by atoms with Crippen molar-refractivity contribution in [1.29, 1.82) is 0 Å². The Morgan fingerprint density at radius 2 is 1.57 bits per heavy atom. The summed E-state index contributed by atoms with van der Waals surface area (Å²) in [6, 6.07) is 0. The van der Waals surface area contributed by atoms with Crippen LogP contribution in [-0.2, 0) is 0 Å². The van der Waals surface area contributed by atoms with Gasteiger partial charge in [-0.3, -0.25) is 0 Å². The maximum Gasteiger partial charge on any atom is 0.0329 e. The van der Waals surface area contributed by atoms with Crippen molar-refractivity contribution in [3.63, 3.8) is 0 Å². The minimum atomic E-state index is 0.427. The summed E-state index contributed by atoms with van der Waals surface area (Å²) in [4.78, 5) is 2.02. The summed E-state index contributed by atoms with van der Waals surface area (Å²) in [6.07, 6.45) is 3.66. The Labute approximate surface area is 88.1 Å². The molecule has 0 saturated heterocycles. The lowest BCUT2D eigenvalue weighted by Gasteiger charge is -2.23. The Kier molecular flexibility index (Phi) is 5.00. The average Bonchev–Trinajstić information content (AvgIpc) is 2.12. The lowest BCUT2D eigenvalue weighted by atomic mass is 9.94. The summed E-state index contributed by atoms with van der Waals surface area (Å²) in [6.45, 7) is 15.9. The molecule has 0 fully saturated rings. The Morgan fingerprint density at radius 1 is 1.14 bits per heavy atom. The third kappa shape index (κ3) is 2.91. The van der Waals surface area contributed by atoms with Crippen molar-refractivity contribution < 1.29 is 0 Å². The molecule has 1 heteroatoms. The van der Waals surface area contributed by atoms with Crippen molar-refractivity contribution in [2.45, 2.75) is 13.8 Å². The molecule has 0 saturated carbocycles. The van der Waals surface area contributed by atoms with Crippen molar-refractivity contribution >= 4 is 0 Å². The van der Waals surface area contributed by atoms with Crippen LogP contribution in [0.1, 0.15) is 13.8 Å². The van der Waals surface area contributed by atoms with Crippen molar-refractivity contribution in [2.24, 2.45) is 5.92 Å². The molecule has 0 rings (SSSR count). The molecule has 0 N–H and O–H groups in total. The van der Waals surface area contributed by atoms with E-state index in [-0.39, 0.29) is 0 Å². The van der Waals surface area contributed by atoms with E-state index in [0.717, 1.165) is 11.3 Å². The summed E-state index contributed by atoms with van der Waals surface area (Å²) >= 11 is 0. The first-order valence-corrected chi connectivity index (χ1v) is 4.81. The molecule has 0 unspecified atom stereocenters. The Hall–Kier alpha value is -1.24. The number of allylic oxidation sites excluding steroid dienone is 4. The van der Waals surface area contributed by atoms with Crippen LogP contribution < -0.4 is 0 Å². The molecule has 0 atom stereocenters. The SMILES string of the molecule is C=CC(C=C)=C(C(=C)N(C)C)C(C)C. The van der Waals surface area contributed by atoms with Gasteiger partial charge in [0.05, 0.1) is 0 Å². The van der Waals surface area contributed by atoms with Gasteiger partial charge in [0, 0.05) is 19.8 Å². The maximum absolute atomic E-state index is 4.07. The first kappa shape index (κ1) is 12.8. The van der Waals surface area contributed by atoms with Crippen LogP contribution in [0.25, 0.3) is 0 Å². The van der Waals surface area contributed by atoms with Crippen molar-refractivity contribution in [3.05, 3.63) is 48.7 Å². The Balaban J connectivity index is 5.33. The smallest absolute Gasteiger partial charge is 0.0329 e. The number of nitrogens with zero attached hydrogens (tertiary/aromatic N) is 1. The van der Waals surface area contributed by atoms with Gasteiger partial charge in [0.1, 0.15) is 0 Å². The molecule has 0 spiro atoms. The molecular weight excluding hydrogens is 170 g/mol. The second-order valence-electron chi connectivity index (χ2n) is 3.77. The molecule has 0 aliphatic carbocycles. The number of hydrogen-bond acceptors (Lipinski definition) is 1. The minimum Gasteiger partial charge on any atom is -0.378 e. The molecule has 14 heavy (non-hydrogen) atoms. The van der Waals surface area contributed by atoms with Gasteiger partial charge >= 0.3 is 0 Å². The molecule has 0 heterocycles. The minimum absolute atomic E-state index is 0.427. The molecule has 78 valence electrons. The number of rotatable bonds is 5. The van der Waals surface area contributed by atoms with Gasteiger partial charge in [-0.1, -0.05) is 45.7 Å². The number of likely N-dealkylation sites (N-methyl/N-ethyl adjacent to an activating group) is 1. The first-order valence-electron chi connectivity index (χ1n) is 4.81. The molecule has 0 aromatic carbocycles. The van der Waals surface area contributed by atoms with Gasteiger partial charge < -0.3 is 4.90 Å². The summed E-state index contributed by atoms with van der Waals surface area (Å²) in [5.41, 5.74) is 3.30. The largest absolute Gasteiger partial charge is 0.378 e. The highest BCUT2D eigenvalue weighted by Gasteiger charge is 2.11. The normalized spacial score (nSPS) is 9.50. The zero-order chi connectivity index (χ0) is 11.3. The zero-order valence-electron chi connectivity index (χ0n) is 9.80. The van der Waals surface area contributed by atoms with Gasteiger partial charge in [-0.05, 0) is 17.1 Å². The summed E-state index contributed by atoms with van der Waals surface area (Å²) < 4.78 is 0. The fraction of sp³-hybridized carbons (Fsp3) is 0.385. The molecule has 0 aliphatic heterocycles. The fourth-order valence-electron chi connectivity index (χ4n) is 1.38. The van der Waals surface area contributed by atoms with Crippen molar-refractivity contribution in [2.75, 3.05) is 14.1 Å². The van der Waals surface area contributed by atoms with Crippen molar-refractivity contribution in [3.8, 4) is 0 Å². The quantitative estimate of drug-likeness (QED) is 0.602. The van der Waals surface area contributed by atoms with Crippen LogP contribution in [0.15, 0.2) is 48.7 Å². The van der Waals surface area contributed by atoms with Crippen LogP contribution in [0.5, 0.6) is 0 Å². The van der Waals surface area contributed by atoms with Crippen molar-refractivity contribution in [1.82, 2.24) is 4.90 Å². The topological polar surface area (TPSA) is 3.24 Å². The van der Waals surface area contributed by atoms with Gasteiger partial charge in [0.25, 0.3) is 0 Å². The van der Waals surface area contributed by atoms with E-state index in [0.29, 0.717) is 5.92 Å². The van der Waals surface area contributed by atoms with E-state index in [1.807, 2.05) is 31.1 Å². The predicted octanol–water partition coefficient (Wildman–Crippen LogP) is 3.39. The fourth-order valence-corrected chi connectivity index (χ4v) is 1.38. The second kappa shape index (κ2) is 5.48. The molecule has 0 amide bonds. The number of hydrogen-bond donors (Lipinski definition) is 0. The lowest BCUT2D eigenvalue weighted by Crippen LogP contribution is -2.15. The van der Waals surface area contributed by atoms with Gasteiger partial charge in [-0.2, -0.15) is 0 Å². The zero-order valence-corrected chi connectivity index (χ0v) is 9.80. The van der Waals surface area contributed by atoms with Gasteiger partial charge in [0.2, 0.25) is 0 Å². The van der Waals surface area contributed by atoms with Gasteiger partial charge in [-0.15, -0.1) is 0 Å². The molecule has 1 nitrogen and oxygen atoms in total. The monoisotopic (exact) mass is 191 g/mol. The Morgan fingerprint density at radius 3 is 1.79 bits per heavy atom. The highest BCUT2D eigenvalue weighted by atomic mass is 15.1. The molecule has 0 aromatic heterocycles. The summed E-state index contributed by atoms with van der Waals surface area (Å²) in [5.74, 6) is 0.427. The predicted molar refractivity (Wildman–Crippen MR) is 65.1 cm³/mol. The molecule has 0 radical (unpaired) electrons. The van der Waals surface area contributed by atoms with E-state index < -0.39 is 0 Å². The van der Waals surface area contributed by atoms with E-state index >= 15 is 0 Å². The summed E-state index contributed by atoms with van der Waals surface area (Å²) in [7, 11) is 3.99. The van der Waals surface area contributed by atoms with Gasteiger partial charge in [0.15, 0.2) is 0 Å². The van der Waals surface area contributed by atoms with Crippen LogP contribution in [0, 0.1) is 5.92 Å². The van der Waals surface area contributed by atoms with E-state index in [1.165, 1.54) is 5.57 Å². The third-order valence-corrected chi connectivity index (χ3v) is 2.18. The van der Waals surface area contributed by atoms with Gasteiger partial charge in [-0.25, -0.2) is 0 Å². The van der Waals surface area contributed by atoms with Crippen LogP contribution in [-0.4, -0.2) is 19.0 Å². The molecule has 0 aromatic rings. The summed E-state index contributed by atoms with van der Waals surface area (Å²) in [5, 5.41) is 0. The van der Waals surface area contributed by atoms with Crippen LogP contribution in [0.2, 0.25) is 0 Å². The third-order valence-electron chi connectivity index (χ3n) is 2.18. The highest BCUT2D eigenvalue weighted by Crippen LogP contribution is 2.24. The maximum atomic E-state index is 4.07. The standard InChI is InChI=1S/C13H21N/c1-8-12(9-2)13(10(3)4)11(5)14(6)7/h8-10H,1-2,5H2,3-4,6-7H3. The van der Waals surface area contributed by atoms with Crippen LogP contribution in [0.3, 0.4) is 0 Å². The molecule has 0 aliphatic rings. The lowest BCUT2D eigenvalue weighted by molar-refractivity contribution is 0.507. The average molecular weight is 191 g/mol. The molecular formula is C13H21N.